The standard InChI is InChI=1S/C5H11I.H2S/c1-4-5(2,3)6;/h4H2,1-3H3;1H2. The van der Waals surface area contributed by atoms with Crippen molar-refractivity contribution in [1.29, 1.82) is 0 Å². The van der Waals surface area contributed by atoms with Crippen LogP contribution >= 0.6 is 36.1 Å². The maximum absolute atomic E-state index is 2.44. The van der Waals surface area contributed by atoms with Gasteiger partial charge in [0.15, 0.2) is 0 Å². The molecule has 0 unspecified atom stereocenters. The molecule has 0 rings (SSSR count). The molecule has 0 atom stereocenters. The predicted octanol–water partition coefficient (Wildman–Crippen LogP) is 2.72. The third-order valence-corrected chi connectivity index (χ3v) is 1.60. The van der Waals surface area contributed by atoms with Crippen LogP contribution < -0.4 is 0 Å². The van der Waals surface area contributed by atoms with Gasteiger partial charge in [0.2, 0.25) is 0 Å². The van der Waals surface area contributed by atoms with Crippen LogP contribution in [-0.2, 0) is 0 Å². The zero-order valence-electron chi connectivity index (χ0n) is 5.09. The largest absolute Gasteiger partial charge is 0.197 e. The first kappa shape index (κ1) is 11.0. The summed E-state index contributed by atoms with van der Waals surface area (Å²) < 4.78 is 0.512. The fraction of sp³-hybridized carbons (Fsp3) is 1.00. The highest BCUT2D eigenvalue weighted by Crippen LogP contribution is 2.19. The van der Waals surface area contributed by atoms with E-state index >= 15 is 0 Å². The van der Waals surface area contributed by atoms with Crippen LogP contribution in [0.4, 0.5) is 0 Å². The highest BCUT2D eigenvalue weighted by molar-refractivity contribution is 14.1. The lowest BCUT2D eigenvalue weighted by Crippen LogP contribution is -2.04. The Bertz CT molecular complexity index is 37.8. The van der Waals surface area contributed by atoms with E-state index in [9.17, 15) is 0 Å². The summed E-state index contributed by atoms with van der Waals surface area (Å²) in [4.78, 5) is 0. The van der Waals surface area contributed by atoms with E-state index in [-0.39, 0.29) is 13.5 Å². The summed E-state index contributed by atoms with van der Waals surface area (Å²) in [5.41, 5.74) is 0. The van der Waals surface area contributed by atoms with E-state index < -0.39 is 0 Å². The smallest absolute Gasteiger partial charge is 0.0163 e. The van der Waals surface area contributed by atoms with Crippen LogP contribution in [0.3, 0.4) is 0 Å². The summed E-state index contributed by atoms with van der Waals surface area (Å²) in [6.45, 7) is 6.66. The van der Waals surface area contributed by atoms with Gasteiger partial charge < -0.3 is 0 Å². The number of halogens is 1. The Hall–Kier alpha value is 1.08. The molecule has 0 aromatic heterocycles. The van der Waals surface area contributed by atoms with Crippen molar-refractivity contribution in [2.45, 2.75) is 30.6 Å². The van der Waals surface area contributed by atoms with Gasteiger partial charge in [-0.05, 0) is 6.42 Å². The summed E-state index contributed by atoms with van der Waals surface area (Å²) in [5.74, 6) is 0. The van der Waals surface area contributed by atoms with Crippen LogP contribution in [0.25, 0.3) is 0 Å². The average Bonchev–Trinajstić information content (AvgIpc) is 1.35. The molecule has 0 nitrogen and oxygen atoms in total. The minimum Gasteiger partial charge on any atom is -0.197 e. The lowest BCUT2D eigenvalue weighted by molar-refractivity contribution is 0.719. The topological polar surface area (TPSA) is 0 Å². The molecule has 7 heavy (non-hydrogen) atoms. The van der Waals surface area contributed by atoms with Crippen molar-refractivity contribution in [1.82, 2.24) is 0 Å². The van der Waals surface area contributed by atoms with Crippen molar-refractivity contribution in [3.05, 3.63) is 0 Å². The second-order valence-electron chi connectivity index (χ2n) is 2.07. The molecule has 0 saturated heterocycles. The zero-order valence-corrected chi connectivity index (χ0v) is 8.24. The Labute approximate surface area is 66.7 Å². The van der Waals surface area contributed by atoms with Crippen molar-refractivity contribution in [3.8, 4) is 0 Å². The van der Waals surface area contributed by atoms with Crippen LogP contribution in [0.5, 0.6) is 0 Å². The van der Waals surface area contributed by atoms with Crippen LogP contribution in [0.2, 0.25) is 0 Å². The number of rotatable bonds is 1. The van der Waals surface area contributed by atoms with E-state index in [1.54, 1.807) is 0 Å². The highest BCUT2D eigenvalue weighted by atomic mass is 127. The van der Waals surface area contributed by atoms with Gasteiger partial charge in [-0.15, -0.1) is 0 Å². The van der Waals surface area contributed by atoms with Crippen LogP contribution in [0, 0.1) is 0 Å². The van der Waals surface area contributed by atoms with Gasteiger partial charge in [-0.25, -0.2) is 0 Å². The van der Waals surface area contributed by atoms with E-state index in [4.69, 9.17) is 0 Å². The first-order chi connectivity index (χ1) is 2.56. The molecule has 0 aliphatic carbocycles. The minimum atomic E-state index is 0. The van der Waals surface area contributed by atoms with Crippen LogP contribution in [0.1, 0.15) is 27.2 Å². The Morgan fingerprint density at radius 2 is 1.57 bits per heavy atom. The van der Waals surface area contributed by atoms with Crippen LogP contribution in [0.15, 0.2) is 0 Å². The fourth-order valence-electron chi connectivity index (χ4n) is 0. The van der Waals surface area contributed by atoms with E-state index in [0.717, 1.165) is 0 Å². The molecule has 0 amide bonds. The van der Waals surface area contributed by atoms with Crippen molar-refractivity contribution in [2.75, 3.05) is 0 Å². The quantitative estimate of drug-likeness (QED) is 0.481. The molecule has 0 fully saturated rings. The molecule has 0 bridgehead atoms. The van der Waals surface area contributed by atoms with Crippen LogP contribution in [-0.4, -0.2) is 3.42 Å². The molecule has 0 spiro atoms. The lowest BCUT2D eigenvalue weighted by atomic mass is 10.2. The second kappa shape index (κ2) is 4.01. The summed E-state index contributed by atoms with van der Waals surface area (Å²) in [5, 5.41) is 0. The molecule has 0 N–H and O–H groups in total. The molecule has 0 radical (unpaired) electrons. The summed E-state index contributed by atoms with van der Waals surface area (Å²) in [6.07, 6.45) is 1.26. The van der Waals surface area contributed by atoms with Crippen molar-refractivity contribution >= 4 is 36.1 Å². The molecular formula is C5H13IS. The Balaban J connectivity index is 0. The van der Waals surface area contributed by atoms with Gasteiger partial charge in [0, 0.05) is 3.42 Å². The van der Waals surface area contributed by atoms with Gasteiger partial charge in [-0.3, -0.25) is 0 Å². The molecular weight excluding hydrogens is 219 g/mol. The number of alkyl halides is 1. The van der Waals surface area contributed by atoms with Gasteiger partial charge in [0.05, 0.1) is 0 Å². The van der Waals surface area contributed by atoms with Gasteiger partial charge in [-0.2, -0.15) is 13.5 Å². The Kier molecular flexibility index (Phi) is 6.27. The first-order valence-electron chi connectivity index (χ1n) is 2.25. The molecule has 0 aromatic rings. The molecule has 0 aromatic carbocycles. The maximum Gasteiger partial charge on any atom is 0.0163 e. The van der Waals surface area contributed by atoms with Crippen molar-refractivity contribution in [3.63, 3.8) is 0 Å². The van der Waals surface area contributed by atoms with Crippen molar-refractivity contribution < 1.29 is 0 Å². The summed E-state index contributed by atoms with van der Waals surface area (Å²) in [7, 11) is 0. The van der Waals surface area contributed by atoms with Crippen molar-refractivity contribution in [2.24, 2.45) is 0 Å². The molecule has 0 aliphatic heterocycles. The fourth-order valence-corrected chi connectivity index (χ4v) is 0. The summed E-state index contributed by atoms with van der Waals surface area (Å²) in [6, 6.07) is 0. The molecule has 0 saturated carbocycles. The average molecular weight is 232 g/mol. The summed E-state index contributed by atoms with van der Waals surface area (Å²) >= 11 is 2.44. The Morgan fingerprint density at radius 1 is 1.43 bits per heavy atom. The molecule has 0 heterocycles. The second-order valence-corrected chi connectivity index (χ2v) is 4.99. The lowest BCUT2D eigenvalue weighted by Gasteiger charge is -2.10. The van der Waals surface area contributed by atoms with E-state index in [1.807, 2.05) is 0 Å². The zero-order chi connectivity index (χ0) is 5.21. The number of hydrogen-bond donors (Lipinski definition) is 0. The first-order valence-corrected chi connectivity index (χ1v) is 3.33. The van der Waals surface area contributed by atoms with E-state index in [0.29, 0.717) is 3.42 Å². The molecule has 46 valence electrons. The van der Waals surface area contributed by atoms with E-state index in [2.05, 4.69) is 43.4 Å². The normalized spacial score (nSPS) is 10.3. The van der Waals surface area contributed by atoms with Gasteiger partial charge in [-0.1, -0.05) is 43.4 Å². The van der Waals surface area contributed by atoms with Gasteiger partial charge in [0.1, 0.15) is 0 Å². The predicted molar refractivity (Wildman–Crippen MR) is 48.8 cm³/mol. The van der Waals surface area contributed by atoms with Gasteiger partial charge >= 0.3 is 0 Å². The van der Waals surface area contributed by atoms with E-state index in [1.165, 1.54) is 6.42 Å². The third kappa shape index (κ3) is 11.0. The third-order valence-electron chi connectivity index (χ3n) is 0.841. The highest BCUT2D eigenvalue weighted by Gasteiger charge is 2.05. The SMILES string of the molecule is CCC(C)(C)I.S. The minimum absolute atomic E-state index is 0. The Morgan fingerprint density at radius 3 is 1.57 bits per heavy atom. The molecule has 2 heteroatoms. The maximum atomic E-state index is 2.44. The number of hydrogen-bond acceptors (Lipinski definition) is 0. The monoisotopic (exact) mass is 232 g/mol. The molecule has 0 aliphatic rings. The van der Waals surface area contributed by atoms with Gasteiger partial charge in [0.25, 0.3) is 0 Å².